The van der Waals surface area contributed by atoms with Gasteiger partial charge in [0.15, 0.2) is 0 Å². The highest BCUT2D eigenvalue weighted by molar-refractivity contribution is 6.33. The van der Waals surface area contributed by atoms with Gasteiger partial charge in [0.1, 0.15) is 11.0 Å². The van der Waals surface area contributed by atoms with Crippen LogP contribution in [-0.2, 0) is 0 Å². The fraction of sp³-hybridized carbons (Fsp3) is 0. The fourth-order valence-electron chi connectivity index (χ4n) is 1.39. The Balaban J connectivity index is 2.42. The Kier molecular flexibility index (Phi) is 3.82. The normalized spacial score (nSPS) is 10.3. The van der Waals surface area contributed by atoms with Gasteiger partial charge in [0, 0.05) is 6.07 Å². The zero-order valence-electron chi connectivity index (χ0n) is 9.23. The molecule has 0 aliphatic carbocycles. The Morgan fingerprint density at radius 3 is 2.63 bits per heavy atom. The van der Waals surface area contributed by atoms with Crippen LogP contribution in [0.4, 0.5) is 21.6 Å². The van der Waals surface area contributed by atoms with Crippen LogP contribution in [0.1, 0.15) is 0 Å². The van der Waals surface area contributed by atoms with Crippen molar-refractivity contribution in [2.24, 2.45) is 0 Å². The maximum Gasteiger partial charge on any atom is 0.311 e. The number of hydrogen-bond acceptors (Lipinski definition) is 4. The predicted octanol–water partition coefficient (Wildman–Crippen LogP) is 4.18. The highest BCUT2D eigenvalue weighted by Gasteiger charge is 2.16. The van der Waals surface area contributed by atoms with Crippen molar-refractivity contribution >= 4 is 40.4 Å². The van der Waals surface area contributed by atoms with E-state index < -0.39 is 10.7 Å². The lowest BCUT2D eigenvalue weighted by Crippen LogP contribution is -2.00. The summed E-state index contributed by atoms with van der Waals surface area (Å²) in [5.74, 6) is -0.574. The number of benzene rings is 1. The van der Waals surface area contributed by atoms with Crippen LogP contribution in [0.3, 0.4) is 0 Å². The number of nitrogens with zero attached hydrogens (tertiary/aromatic N) is 2. The molecular weight excluding hydrogens is 296 g/mol. The number of nitrogens with one attached hydrogen (secondary N) is 1. The molecule has 0 aliphatic rings. The predicted molar refractivity (Wildman–Crippen MR) is 70.6 cm³/mol. The molecular formula is C11H6Cl2FN3O2. The maximum atomic E-state index is 12.9. The van der Waals surface area contributed by atoms with E-state index in [1.54, 1.807) is 0 Å². The molecule has 0 saturated carbocycles. The topological polar surface area (TPSA) is 68.1 Å². The molecule has 0 radical (unpaired) electrons. The van der Waals surface area contributed by atoms with E-state index in [1.807, 2.05) is 0 Å². The number of nitro groups is 1. The lowest BCUT2D eigenvalue weighted by molar-refractivity contribution is -0.384. The fourth-order valence-corrected chi connectivity index (χ4v) is 1.75. The van der Waals surface area contributed by atoms with Crippen LogP contribution in [0, 0.1) is 15.9 Å². The van der Waals surface area contributed by atoms with Crippen LogP contribution in [-0.4, -0.2) is 9.91 Å². The first-order chi connectivity index (χ1) is 8.97. The molecule has 2 aromatic rings. The van der Waals surface area contributed by atoms with E-state index in [-0.39, 0.29) is 21.7 Å². The highest BCUT2D eigenvalue weighted by Crippen LogP contribution is 2.30. The summed E-state index contributed by atoms with van der Waals surface area (Å²) in [7, 11) is 0. The zero-order valence-corrected chi connectivity index (χ0v) is 10.7. The minimum atomic E-state index is -0.608. The molecule has 1 aromatic heterocycles. The molecule has 0 amide bonds. The quantitative estimate of drug-likeness (QED) is 0.524. The summed E-state index contributed by atoms with van der Waals surface area (Å²) in [5, 5.41) is 13.7. The molecule has 0 saturated heterocycles. The molecule has 2 rings (SSSR count). The van der Waals surface area contributed by atoms with E-state index in [1.165, 1.54) is 24.3 Å². The highest BCUT2D eigenvalue weighted by atomic mass is 35.5. The van der Waals surface area contributed by atoms with Gasteiger partial charge in [-0.25, -0.2) is 9.37 Å². The van der Waals surface area contributed by atoms with Gasteiger partial charge in [0.2, 0.25) is 5.82 Å². The Bertz CT molecular complexity index is 652. The molecule has 5 nitrogen and oxygen atoms in total. The van der Waals surface area contributed by atoms with Gasteiger partial charge in [-0.05, 0) is 24.3 Å². The molecule has 1 heterocycles. The SMILES string of the molecule is O=[N+]([O-])c1ccc(Cl)nc1Nc1ccc(F)cc1Cl. The van der Waals surface area contributed by atoms with Gasteiger partial charge >= 0.3 is 5.69 Å². The van der Waals surface area contributed by atoms with Crippen molar-refractivity contribution < 1.29 is 9.31 Å². The summed E-state index contributed by atoms with van der Waals surface area (Å²) in [4.78, 5) is 14.1. The monoisotopic (exact) mass is 301 g/mol. The van der Waals surface area contributed by atoms with E-state index in [4.69, 9.17) is 23.2 Å². The van der Waals surface area contributed by atoms with E-state index >= 15 is 0 Å². The number of anilines is 2. The van der Waals surface area contributed by atoms with Crippen molar-refractivity contribution in [3.63, 3.8) is 0 Å². The lowest BCUT2D eigenvalue weighted by atomic mass is 10.3. The van der Waals surface area contributed by atoms with E-state index in [0.29, 0.717) is 5.69 Å². The van der Waals surface area contributed by atoms with E-state index in [0.717, 1.165) is 6.07 Å². The minimum absolute atomic E-state index is 0.0639. The number of hydrogen-bond donors (Lipinski definition) is 1. The standard InChI is InChI=1S/C11H6Cl2FN3O2/c12-7-5-6(14)1-2-8(7)15-11-9(17(18)19)3-4-10(13)16-11/h1-5H,(H,15,16). The molecule has 0 spiro atoms. The van der Waals surface area contributed by atoms with E-state index in [2.05, 4.69) is 10.3 Å². The first-order valence-electron chi connectivity index (χ1n) is 5.00. The summed E-state index contributed by atoms with van der Waals surface area (Å²) in [6.45, 7) is 0. The number of halogens is 3. The molecule has 19 heavy (non-hydrogen) atoms. The summed E-state index contributed by atoms with van der Waals surface area (Å²) < 4.78 is 12.9. The average Bonchev–Trinajstić information content (AvgIpc) is 2.32. The summed E-state index contributed by atoms with van der Waals surface area (Å²) in [5.41, 5.74) is 0.0331. The Hall–Kier alpha value is -1.92. The van der Waals surface area contributed by atoms with Crippen LogP contribution in [0.25, 0.3) is 0 Å². The maximum absolute atomic E-state index is 12.9. The van der Waals surface area contributed by atoms with Crippen LogP contribution in [0.15, 0.2) is 30.3 Å². The molecule has 98 valence electrons. The third-order valence-electron chi connectivity index (χ3n) is 2.22. The molecule has 0 aliphatic heterocycles. The van der Waals surface area contributed by atoms with Crippen LogP contribution in [0.5, 0.6) is 0 Å². The molecule has 1 N–H and O–H groups in total. The smallest absolute Gasteiger partial charge is 0.311 e. The second-order valence-corrected chi connectivity index (χ2v) is 4.30. The van der Waals surface area contributed by atoms with Crippen molar-refractivity contribution in [1.82, 2.24) is 4.98 Å². The zero-order chi connectivity index (χ0) is 14.0. The first-order valence-corrected chi connectivity index (χ1v) is 5.76. The van der Waals surface area contributed by atoms with Crippen molar-refractivity contribution in [3.05, 3.63) is 56.4 Å². The van der Waals surface area contributed by atoms with Gasteiger partial charge < -0.3 is 5.32 Å². The summed E-state index contributed by atoms with van der Waals surface area (Å²) >= 11 is 11.5. The largest absolute Gasteiger partial charge is 0.333 e. The van der Waals surface area contributed by atoms with Crippen molar-refractivity contribution in [1.29, 1.82) is 0 Å². The van der Waals surface area contributed by atoms with Crippen LogP contribution in [0.2, 0.25) is 10.2 Å². The van der Waals surface area contributed by atoms with Gasteiger partial charge in [-0.1, -0.05) is 23.2 Å². The summed E-state index contributed by atoms with van der Waals surface area (Å²) in [6, 6.07) is 6.13. The van der Waals surface area contributed by atoms with Crippen LogP contribution < -0.4 is 5.32 Å². The average molecular weight is 302 g/mol. The second kappa shape index (κ2) is 5.38. The second-order valence-electron chi connectivity index (χ2n) is 3.51. The molecule has 0 bridgehead atoms. The molecule has 0 fully saturated rings. The Morgan fingerprint density at radius 2 is 2.00 bits per heavy atom. The van der Waals surface area contributed by atoms with Crippen LogP contribution >= 0.6 is 23.2 Å². The molecule has 8 heteroatoms. The van der Waals surface area contributed by atoms with Gasteiger partial charge in [-0.2, -0.15) is 0 Å². The van der Waals surface area contributed by atoms with Gasteiger partial charge in [-0.15, -0.1) is 0 Å². The lowest BCUT2D eigenvalue weighted by Gasteiger charge is -2.08. The third kappa shape index (κ3) is 3.10. The summed E-state index contributed by atoms with van der Waals surface area (Å²) in [6.07, 6.45) is 0. The molecule has 1 aromatic carbocycles. The van der Waals surface area contributed by atoms with Crippen molar-refractivity contribution in [3.8, 4) is 0 Å². The van der Waals surface area contributed by atoms with Gasteiger partial charge in [0.05, 0.1) is 15.6 Å². The van der Waals surface area contributed by atoms with Gasteiger partial charge in [-0.3, -0.25) is 10.1 Å². The first kappa shape index (κ1) is 13.5. The molecule has 0 atom stereocenters. The Labute approximate surface area is 117 Å². The van der Waals surface area contributed by atoms with Gasteiger partial charge in [0.25, 0.3) is 0 Å². The van der Waals surface area contributed by atoms with Crippen molar-refractivity contribution in [2.45, 2.75) is 0 Å². The number of rotatable bonds is 3. The Morgan fingerprint density at radius 1 is 1.26 bits per heavy atom. The number of pyridine rings is 1. The third-order valence-corrected chi connectivity index (χ3v) is 2.74. The molecule has 0 unspecified atom stereocenters. The van der Waals surface area contributed by atoms with E-state index in [9.17, 15) is 14.5 Å². The van der Waals surface area contributed by atoms with Crippen molar-refractivity contribution in [2.75, 3.05) is 5.32 Å². The number of aromatic nitrogens is 1. The minimum Gasteiger partial charge on any atom is -0.333 e.